The largest absolute Gasteiger partial charge is 0.359 e. The lowest BCUT2D eigenvalue weighted by molar-refractivity contribution is -0.124. The van der Waals surface area contributed by atoms with Gasteiger partial charge in [-0.3, -0.25) is 4.79 Å². The van der Waals surface area contributed by atoms with E-state index in [0.717, 1.165) is 6.26 Å². The Kier molecular flexibility index (Phi) is 3.69. The summed E-state index contributed by atoms with van der Waals surface area (Å²) in [6, 6.07) is -0.329. The molecule has 2 atom stereocenters. The Morgan fingerprint density at radius 1 is 1.40 bits per heavy atom. The van der Waals surface area contributed by atoms with Crippen LogP contribution in [0.5, 0.6) is 0 Å². The van der Waals surface area contributed by atoms with Crippen LogP contribution < -0.4 is 10.0 Å². The molecule has 0 radical (unpaired) electrons. The lowest BCUT2D eigenvalue weighted by Gasteiger charge is -2.16. The van der Waals surface area contributed by atoms with Crippen molar-refractivity contribution in [2.45, 2.75) is 6.04 Å². The molecule has 0 unspecified atom stereocenters. The third kappa shape index (κ3) is 3.44. The first-order valence-electron chi connectivity index (χ1n) is 4.71. The van der Waals surface area contributed by atoms with Gasteiger partial charge in [0.2, 0.25) is 15.9 Å². The number of carbonyl (C=O) groups is 1. The number of likely N-dealkylation sites (N-methyl/N-ethyl adjacent to an activating group) is 1. The number of carbonyl (C=O) groups excluding carboxylic acids is 1. The lowest BCUT2D eigenvalue weighted by Crippen LogP contribution is -2.45. The summed E-state index contributed by atoms with van der Waals surface area (Å²) in [6.45, 7) is 1.14. The van der Waals surface area contributed by atoms with Gasteiger partial charge in [-0.05, 0) is 7.05 Å². The Hall–Kier alpha value is -0.660. The van der Waals surface area contributed by atoms with Crippen LogP contribution in [0.25, 0.3) is 0 Å². The highest BCUT2D eigenvalue weighted by molar-refractivity contribution is 7.88. The minimum atomic E-state index is -3.26. The molecule has 1 amide bonds. The van der Waals surface area contributed by atoms with Crippen LogP contribution in [0.2, 0.25) is 0 Å². The maximum Gasteiger partial charge on any atom is 0.225 e. The Morgan fingerprint density at radius 3 is 2.47 bits per heavy atom. The van der Waals surface area contributed by atoms with Gasteiger partial charge in [0.15, 0.2) is 0 Å². The van der Waals surface area contributed by atoms with Crippen molar-refractivity contribution in [3.05, 3.63) is 0 Å². The van der Waals surface area contributed by atoms with Crippen LogP contribution in [0.15, 0.2) is 0 Å². The Labute approximate surface area is 90.1 Å². The molecule has 0 aliphatic carbocycles. The van der Waals surface area contributed by atoms with Crippen LogP contribution in [0.4, 0.5) is 0 Å². The van der Waals surface area contributed by atoms with Gasteiger partial charge in [0.1, 0.15) is 0 Å². The quantitative estimate of drug-likeness (QED) is 0.606. The molecule has 6 nitrogen and oxygen atoms in total. The fraction of sp³-hybridized carbons (Fsp3) is 0.875. The van der Waals surface area contributed by atoms with Crippen molar-refractivity contribution < 1.29 is 13.2 Å². The van der Waals surface area contributed by atoms with Crippen molar-refractivity contribution in [2.24, 2.45) is 5.92 Å². The molecule has 0 aromatic carbocycles. The van der Waals surface area contributed by atoms with Crippen molar-refractivity contribution in [1.82, 2.24) is 14.9 Å². The zero-order chi connectivity index (χ0) is 11.6. The second kappa shape index (κ2) is 4.46. The van der Waals surface area contributed by atoms with Gasteiger partial charge in [-0.1, -0.05) is 0 Å². The van der Waals surface area contributed by atoms with E-state index in [-0.39, 0.29) is 17.9 Å². The molecule has 1 rings (SSSR count). The second-order valence-electron chi connectivity index (χ2n) is 3.94. The van der Waals surface area contributed by atoms with Crippen molar-refractivity contribution in [3.63, 3.8) is 0 Å². The fourth-order valence-electron chi connectivity index (χ4n) is 1.85. The third-order valence-corrected chi connectivity index (χ3v) is 3.18. The van der Waals surface area contributed by atoms with Gasteiger partial charge in [-0.15, -0.1) is 0 Å². The molecule has 1 aliphatic heterocycles. The van der Waals surface area contributed by atoms with Crippen molar-refractivity contribution >= 4 is 15.9 Å². The molecule has 0 aromatic heterocycles. The van der Waals surface area contributed by atoms with Gasteiger partial charge >= 0.3 is 0 Å². The number of nitrogens with zero attached hydrogens (tertiary/aromatic N) is 1. The number of amides is 1. The third-order valence-electron chi connectivity index (χ3n) is 2.45. The van der Waals surface area contributed by atoms with Gasteiger partial charge in [0.25, 0.3) is 0 Å². The molecule has 1 fully saturated rings. The van der Waals surface area contributed by atoms with Gasteiger partial charge in [0.05, 0.1) is 12.2 Å². The van der Waals surface area contributed by atoms with E-state index in [4.69, 9.17) is 0 Å². The van der Waals surface area contributed by atoms with Crippen LogP contribution in [-0.2, 0) is 14.8 Å². The van der Waals surface area contributed by atoms with E-state index in [2.05, 4.69) is 10.0 Å². The highest BCUT2D eigenvalue weighted by atomic mass is 32.2. The predicted molar refractivity (Wildman–Crippen MR) is 56.8 cm³/mol. The first-order chi connectivity index (χ1) is 6.83. The molecule has 1 saturated heterocycles. The zero-order valence-corrected chi connectivity index (χ0v) is 9.97. The number of nitrogens with one attached hydrogen (secondary N) is 2. The zero-order valence-electron chi connectivity index (χ0n) is 9.15. The monoisotopic (exact) mass is 235 g/mol. The Balaban J connectivity index is 2.73. The van der Waals surface area contributed by atoms with E-state index < -0.39 is 10.0 Å². The predicted octanol–water partition coefficient (Wildman–Crippen LogP) is -1.79. The number of likely N-dealkylation sites (tertiary alicyclic amines) is 1. The van der Waals surface area contributed by atoms with Gasteiger partial charge in [-0.25, -0.2) is 13.1 Å². The summed E-state index contributed by atoms with van der Waals surface area (Å²) in [6.07, 6.45) is 1.10. The molecule has 0 aromatic rings. The van der Waals surface area contributed by atoms with Crippen LogP contribution in [0, 0.1) is 5.92 Å². The smallest absolute Gasteiger partial charge is 0.225 e. The number of rotatable bonds is 3. The van der Waals surface area contributed by atoms with E-state index in [0.29, 0.717) is 13.1 Å². The molecule has 88 valence electrons. The lowest BCUT2D eigenvalue weighted by atomic mass is 10.0. The summed E-state index contributed by atoms with van der Waals surface area (Å²) in [5.41, 5.74) is 0. The molecule has 0 bridgehead atoms. The summed E-state index contributed by atoms with van der Waals surface area (Å²) in [5, 5.41) is 2.54. The minimum Gasteiger partial charge on any atom is -0.359 e. The summed E-state index contributed by atoms with van der Waals surface area (Å²) in [4.78, 5) is 13.4. The average molecular weight is 235 g/mol. The van der Waals surface area contributed by atoms with E-state index in [1.807, 2.05) is 11.9 Å². The number of hydrogen-bond acceptors (Lipinski definition) is 4. The first kappa shape index (κ1) is 12.4. The van der Waals surface area contributed by atoms with E-state index in [1.54, 1.807) is 7.05 Å². The molecule has 0 saturated carbocycles. The summed E-state index contributed by atoms with van der Waals surface area (Å²) in [5.74, 6) is -0.435. The molecule has 15 heavy (non-hydrogen) atoms. The van der Waals surface area contributed by atoms with Crippen molar-refractivity contribution in [3.8, 4) is 0 Å². The molecule has 2 N–H and O–H groups in total. The SMILES string of the molecule is CNC(=O)[C@@H]1CN(C)C[C@@H]1NS(C)(=O)=O. The first-order valence-corrected chi connectivity index (χ1v) is 6.60. The van der Waals surface area contributed by atoms with E-state index >= 15 is 0 Å². The summed E-state index contributed by atoms with van der Waals surface area (Å²) >= 11 is 0. The summed E-state index contributed by atoms with van der Waals surface area (Å²) < 4.78 is 24.7. The van der Waals surface area contributed by atoms with Gasteiger partial charge in [-0.2, -0.15) is 0 Å². The van der Waals surface area contributed by atoms with Crippen molar-refractivity contribution in [2.75, 3.05) is 33.4 Å². The van der Waals surface area contributed by atoms with E-state index in [1.165, 1.54) is 0 Å². The minimum absolute atomic E-state index is 0.125. The number of hydrogen-bond donors (Lipinski definition) is 2. The summed E-state index contributed by atoms with van der Waals surface area (Å²) in [7, 11) is 0.152. The van der Waals surface area contributed by atoms with Crippen LogP contribution in [0.1, 0.15) is 0 Å². The Morgan fingerprint density at radius 2 is 2.00 bits per heavy atom. The van der Waals surface area contributed by atoms with Crippen LogP contribution in [-0.4, -0.2) is 58.7 Å². The van der Waals surface area contributed by atoms with E-state index in [9.17, 15) is 13.2 Å². The van der Waals surface area contributed by atoms with Crippen molar-refractivity contribution in [1.29, 1.82) is 0 Å². The highest BCUT2D eigenvalue weighted by Crippen LogP contribution is 2.16. The maximum absolute atomic E-state index is 11.5. The molecular weight excluding hydrogens is 218 g/mol. The maximum atomic E-state index is 11.5. The van der Waals surface area contributed by atoms with Gasteiger partial charge in [0, 0.05) is 26.2 Å². The standard InChI is InChI=1S/C8H17N3O3S/c1-9-8(12)6-4-11(2)5-7(6)10-15(3,13)14/h6-7,10H,4-5H2,1-3H3,(H,9,12)/t6-,7+/m1/s1. The Bertz CT molecular complexity index is 341. The van der Waals surface area contributed by atoms with Crippen LogP contribution >= 0.6 is 0 Å². The topological polar surface area (TPSA) is 78.5 Å². The molecule has 7 heteroatoms. The molecule has 1 aliphatic rings. The molecule has 0 spiro atoms. The average Bonchev–Trinajstić information content (AvgIpc) is 2.42. The molecule has 1 heterocycles. The van der Waals surface area contributed by atoms with Crippen LogP contribution in [0.3, 0.4) is 0 Å². The molecular formula is C8H17N3O3S. The fourth-order valence-corrected chi connectivity index (χ4v) is 2.63. The van der Waals surface area contributed by atoms with Gasteiger partial charge < -0.3 is 10.2 Å². The normalized spacial score (nSPS) is 27.9. The number of sulfonamides is 1. The second-order valence-corrected chi connectivity index (χ2v) is 5.72. The highest BCUT2D eigenvalue weighted by Gasteiger charge is 2.36.